The largest absolute Gasteiger partial charge is 0.457 e. The van der Waals surface area contributed by atoms with E-state index in [0.29, 0.717) is 38.4 Å². The first-order valence-electron chi connectivity index (χ1n) is 14.0. The van der Waals surface area contributed by atoms with Crippen LogP contribution >= 0.6 is 0 Å². The molecule has 0 radical (unpaired) electrons. The Labute approximate surface area is 245 Å². The summed E-state index contributed by atoms with van der Waals surface area (Å²) in [6.07, 6.45) is -2.00. The Kier molecular flexibility index (Phi) is 11.0. The summed E-state index contributed by atoms with van der Waals surface area (Å²) in [5.41, 5.74) is 3.38. The van der Waals surface area contributed by atoms with Crippen LogP contribution in [0.5, 0.6) is 0 Å². The minimum Gasteiger partial charge on any atom is -0.457 e. The molecule has 10 heteroatoms. The van der Waals surface area contributed by atoms with Gasteiger partial charge in [-0.1, -0.05) is 60.2 Å². The molecule has 1 saturated heterocycles. The third-order valence-corrected chi connectivity index (χ3v) is 7.01. The summed E-state index contributed by atoms with van der Waals surface area (Å²) >= 11 is 0. The van der Waals surface area contributed by atoms with Crippen molar-refractivity contribution in [2.75, 3.05) is 40.1 Å². The average molecular weight is 580 g/mol. The van der Waals surface area contributed by atoms with E-state index in [0.717, 1.165) is 27.2 Å². The van der Waals surface area contributed by atoms with Crippen molar-refractivity contribution >= 4 is 17.8 Å². The number of furan rings is 1. The molecule has 2 aromatic carbocycles. The Morgan fingerprint density at radius 1 is 1.00 bits per heavy atom. The molecule has 0 aliphatic carbocycles. The first kappa shape index (κ1) is 31.1. The number of amides is 2. The molecule has 42 heavy (non-hydrogen) atoms. The number of Topliss-reactive ketones (excluding diaryl/α,β-unsaturated/α-hetero) is 1. The number of cyclic esters (lactones) is 1. The lowest BCUT2D eigenvalue weighted by molar-refractivity contribution is -0.137. The van der Waals surface area contributed by atoms with Gasteiger partial charge >= 0.3 is 6.09 Å². The standard InChI is InChI=1S/C32H37NO9/c1-21-9-7-12-24(19-21)25-20-27(41-26(25)13-8-15-39-17-18-40-16-14-34)28(35)30(38-3)31(36)33-22(2)29(42-32(33)37)23-10-5-4-6-11-23/h4-7,9-12,19-20,22,29-30,34H,8,13-18H2,1-3H3. The summed E-state index contributed by atoms with van der Waals surface area (Å²) in [6.45, 7) is 5.12. The number of hydrogen-bond donors (Lipinski definition) is 1. The number of carbonyl (C=O) groups is 3. The van der Waals surface area contributed by atoms with Crippen LogP contribution in [0.1, 0.15) is 46.9 Å². The van der Waals surface area contributed by atoms with Gasteiger partial charge in [-0.25, -0.2) is 9.69 Å². The van der Waals surface area contributed by atoms with E-state index in [1.807, 2.05) is 61.5 Å². The third kappa shape index (κ3) is 7.32. The molecular formula is C32H37NO9. The van der Waals surface area contributed by atoms with Crippen LogP contribution in [0.3, 0.4) is 0 Å². The van der Waals surface area contributed by atoms with Crippen LogP contribution in [0.4, 0.5) is 4.79 Å². The molecule has 2 heterocycles. The Morgan fingerprint density at radius 2 is 1.74 bits per heavy atom. The van der Waals surface area contributed by atoms with Gasteiger partial charge in [-0.3, -0.25) is 9.59 Å². The molecule has 0 bridgehead atoms. The summed E-state index contributed by atoms with van der Waals surface area (Å²) in [7, 11) is 1.24. The number of aryl methyl sites for hydroxylation is 2. The van der Waals surface area contributed by atoms with E-state index in [-0.39, 0.29) is 19.0 Å². The Bertz CT molecular complexity index is 1350. The number of benzene rings is 2. The molecule has 1 N–H and O–H groups in total. The third-order valence-electron chi connectivity index (χ3n) is 7.01. The Morgan fingerprint density at radius 3 is 2.43 bits per heavy atom. The van der Waals surface area contributed by atoms with Crippen molar-refractivity contribution in [1.29, 1.82) is 0 Å². The van der Waals surface area contributed by atoms with Gasteiger partial charge in [0.25, 0.3) is 5.91 Å². The monoisotopic (exact) mass is 579 g/mol. The van der Waals surface area contributed by atoms with E-state index in [1.165, 1.54) is 7.11 Å². The zero-order valence-electron chi connectivity index (χ0n) is 24.1. The molecule has 1 fully saturated rings. The number of nitrogens with zero attached hydrogens (tertiary/aromatic N) is 1. The molecular weight excluding hydrogens is 542 g/mol. The fourth-order valence-electron chi connectivity index (χ4n) is 4.94. The highest BCUT2D eigenvalue weighted by atomic mass is 16.6. The number of imide groups is 1. The molecule has 1 aromatic heterocycles. The molecule has 3 atom stereocenters. The topological polar surface area (TPSA) is 125 Å². The van der Waals surface area contributed by atoms with Gasteiger partial charge < -0.3 is 28.5 Å². The quantitative estimate of drug-likeness (QED) is 0.157. The molecule has 0 saturated carbocycles. The van der Waals surface area contributed by atoms with Gasteiger partial charge in [0.2, 0.25) is 11.9 Å². The maximum absolute atomic E-state index is 13.6. The van der Waals surface area contributed by atoms with Crippen LogP contribution in [0.25, 0.3) is 11.1 Å². The Hall–Kier alpha value is -3.83. The van der Waals surface area contributed by atoms with Crippen LogP contribution in [-0.4, -0.2) is 80.1 Å². The minimum absolute atomic E-state index is 0.0356. The predicted octanol–water partition coefficient (Wildman–Crippen LogP) is 4.52. The van der Waals surface area contributed by atoms with Gasteiger partial charge in [0, 0.05) is 25.7 Å². The van der Waals surface area contributed by atoms with E-state index < -0.39 is 36.0 Å². The van der Waals surface area contributed by atoms with E-state index >= 15 is 0 Å². The van der Waals surface area contributed by atoms with Crippen LogP contribution in [0.15, 0.2) is 65.1 Å². The Balaban J connectivity index is 1.51. The van der Waals surface area contributed by atoms with Gasteiger partial charge in [0.15, 0.2) is 5.76 Å². The van der Waals surface area contributed by atoms with Crippen LogP contribution in [0, 0.1) is 6.92 Å². The van der Waals surface area contributed by atoms with E-state index in [2.05, 4.69) is 0 Å². The lowest BCUT2D eigenvalue weighted by Crippen LogP contribution is -2.47. The maximum Gasteiger partial charge on any atom is 0.417 e. The number of rotatable bonds is 15. The molecule has 10 nitrogen and oxygen atoms in total. The molecule has 4 rings (SSSR count). The number of methoxy groups -OCH3 is 1. The fourth-order valence-corrected chi connectivity index (χ4v) is 4.94. The molecule has 1 aliphatic rings. The molecule has 3 unspecified atom stereocenters. The van der Waals surface area contributed by atoms with Crippen molar-refractivity contribution in [2.45, 2.75) is 44.9 Å². The molecule has 3 aromatic rings. The number of aliphatic hydroxyl groups is 1. The first-order valence-corrected chi connectivity index (χ1v) is 14.0. The molecule has 224 valence electrons. The fraction of sp³-hybridized carbons (Fsp3) is 0.406. The lowest BCUT2D eigenvalue weighted by atomic mass is 10.0. The van der Waals surface area contributed by atoms with Gasteiger partial charge in [-0.05, 0) is 37.5 Å². The van der Waals surface area contributed by atoms with Crippen molar-refractivity contribution in [3.05, 3.63) is 83.3 Å². The van der Waals surface area contributed by atoms with Crippen molar-refractivity contribution in [3.8, 4) is 11.1 Å². The van der Waals surface area contributed by atoms with Crippen LogP contribution < -0.4 is 0 Å². The number of hydrogen-bond acceptors (Lipinski definition) is 9. The number of aliphatic hydroxyl groups excluding tert-OH is 1. The summed E-state index contributed by atoms with van der Waals surface area (Å²) in [5.74, 6) is -0.974. The molecule has 1 aliphatic heterocycles. The van der Waals surface area contributed by atoms with E-state index in [9.17, 15) is 14.4 Å². The summed E-state index contributed by atoms with van der Waals surface area (Å²) < 4.78 is 27.7. The number of ketones is 1. The second-order valence-corrected chi connectivity index (χ2v) is 10.0. The number of ether oxygens (including phenoxy) is 4. The summed E-state index contributed by atoms with van der Waals surface area (Å²) in [5, 5.41) is 8.77. The summed E-state index contributed by atoms with van der Waals surface area (Å²) in [6, 6.07) is 17.9. The van der Waals surface area contributed by atoms with Gasteiger partial charge in [-0.2, -0.15) is 0 Å². The number of carbonyl (C=O) groups excluding carboxylic acids is 3. The highest BCUT2D eigenvalue weighted by Gasteiger charge is 2.47. The normalized spacial score (nSPS) is 17.3. The van der Waals surface area contributed by atoms with Gasteiger partial charge in [0.1, 0.15) is 11.9 Å². The average Bonchev–Trinajstić information content (AvgIpc) is 3.55. The smallest absolute Gasteiger partial charge is 0.417 e. The van der Waals surface area contributed by atoms with Crippen molar-refractivity contribution < 1.29 is 42.9 Å². The van der Waals surface area contributed by atoms with Crippen molar-refractivity contribution in [2.24, 2.45) is 0 Å². The second kappa shape index (κ2) is 14.9. The predicted molar refractivity (Wildman–Crippen MR) is 153 cm³/mol. The summed E-state index contributed by atoms with van der Waals surface area (Å²) in [4.78, 5) is 40.9. The van der Waals surface area contributed by atoms with Crippen LogP contribution in [-0.2, 0) is 30.2 Å². The van der Waals surface area contributed by atoms with Crippen molar-refractivity contribution in [3.63, 3.8) is 0 Å². The van der Waals surface area contributed by atoms with E-state index in [4.69, 9.17) is 28.5 Å². The molecule has 0 spiro atoms. The van der Waals surface area contributed by atoms with Crippen molar-refractivity contribution in [1.82, 2.24) is 4.90 Å². The maximum atomic E-state index is 13.6. The zero-order valence-corrected chi connectivity index (χ0v) is 24.1. The minimum atomic E-state index is -1.60. The lowest BCUT2D eigenvalue weighted by Gasteiger charge is -2.22. The first-order chi connectivity index (χ1) is 20.3. The second-order valence-electron chi connectivity index (χ2n) is 10.0. The van der Waals surface area contributed by atoms with Crippen LogP contribution in [0.2, 0.25) is 0 Å². The highest BCUT2D eigenvalue weighted by Crippen LogP contribution is 2.34. The zero-order chi connectivity index (χ0) is 30.1. The van der Waals surface area contributed by atoms with Gasteiger partial charge in [-0.15, -0.1) is 0 Å². The molecule has 2 amide bonds. The van der Waals surface area contributed by atoms with E-state index in [1.54, 1.807) is 13.0 Å². The van der Waals surface area contributed by atoms with Gasteiger partial charge in [0.05, 0.1) is 32.5 Å². The SMILES string of the molecule is COC(C(=O)c1cc(-c2cccc(C)c2)c(CCCOCCOCCO)o1)C(=O)N1C(=O)OC(c2ccccc2)C1C. The highest BCUT2D eigenvalue weighted by molar-refractivity contribution is 6.14.